The highest BCUT2D eigenvalue weighted by atomic mass is 16.6. The fraction of sp³-hybridized carbons (Fsp3) is 0.487. The molecule has 5 rings (SSSR count). The Morgan fingerprint density at radius 1 is 1.11 bits per heavy atom. The van der Waals surface area contributed by atoms with Gasteiger partial charge < -0.3 is 35.1 Å². The maximum absolute atomic E-state index is 13.6. The maximum atomic E-state index is 13.6. The standard InChI is InChI=1S/C39H48N6O9/c1-6-9-10-11-12-13-33(47)42-30(18-32(40)46)35(48)41-22(4)19-44(5)38(51)54-23-14-15-29-25(16-23)24(7-2)26-20-45-31(34(26)43-29)17-28-27(36(45)49)21-53-37(50)39(28,52)8-3/h14-17,22,52H,6-13,18-21H2,1-5H3,(H2,40,46)(H,41,48)/t22-,39-/m0/s1. The zero-order chi connectivity index (χ0) is 39.3. The Kier molecular flexibility index (Phi) is 12.3. The number of likely N-dealkylation sites (N-methyl/N-ethyl adjacent to an activating group) is 1. The molecule has 54 heavy (non-hydrogen) atoms. The van der Waals surface area contributed by atoms with Crippen molar-refractivity contribution in [2.45, 2.75) is 110 Å². The van der Waals surface area contributed by atoms with Gasteiger partial charge in [-0.3, -0.25) is 19.2 Å². The summed E-state index contributed by atoms with van der Waals surface area (Å²) in [5, 5.41) is 14.6. The van der Waals surface area contributed by atoms with Crippen LogP contribution in [0.3, 0.4) is 0 Å². The number of nitrogens with one attached hydrogen (secondary N) is 1. The zero-order valence-electron chi connectivity index (χ0n) is 31.5. The second-order valence-corrected chi connectivity index (χ2v) is 13.9. The van der Waals surface area contributed by atoms with E-state index in [-0.39, 0.29) is 60.7 Å². The highest BCUT2D eigenvalue weighted by molar-refractivity contribution is 6.43. The number of nitrogens with two attached hydrogens (primary N) is 1. The monoisotopic (exact) mass is 744 g/mol. The summed E-state index contributed by atoms with van der Waals surface area (Å²) < 4.78 is 12.5. The lowest BCUT2D eigenvalue weighted by Gasteiger charge is -2.31. The fourth-order valence-electron chi connectivity index (χ4n) is 7.05. The molecule has 2 aliphatic rings. The van der Waals surface area contributed by atoms with E-state index in [4.69, 9.17) is 20.2 Å². The van der Waals surface area contributed by atoms with E-state index in [9.17, 15) is 33.9 Å². The van der Waals surface area contributed by atoms with Crippen molar-refractivity contribution in [2.75, 3.05) is 13.6 Å². The molecule has 4 N–H and O–H groups in total. The minimum absolute atomic E-state index is 0.0312. The van der Waals surface area contributed by atoms with Gasteiger partial charge in [0.15, 0.2) is 5.60 Å². The molecule has 0 unspecified atom stereocenters. The third-order valence-corrected chi connectivity index (χ3v) is 9.93. The van der Waals surface area contributed by atoms with Crippen LogP contribution in [-0.2, 0) is 49.1 Å². The summed E-state index contributed by atoms with van der Waals surface area (Å²) in [5.74, 6) is -2.56. The lowest BCUT2D eigenvalue weighted by Crippen LogP contribution is -2.46. The first-order valence-electron chi connectivity index (χ1n) is 18.5. The number of aliphatic imine (C=N–C) groups is 1. The third kappa shape index (κ3) is 8.20. The molecule has 2 aromatic heterocycles. The number of cyclic esters (lactones) is 1. The summed E-state index contributed by atoms with van der Waals surface area (Å²) in [4.78, 5) is 86.4. The number of aliphatic hydroxyl groups is 1. The number of carbonyl (C=O) groups excluding carboxylic acids is 5. The Morgan fingerprint density at radius 3 is 2.54 bits per heavy atom. The van der Waals surface area contributed by atoms with E-state index in [0.29, 0.717) is 29.7 Å². The van der Waals surface area contributed by atoms with E-state index in [0.717, 1.165) is 42.2 Å². The molecule has 288 valence electrons. The molecule has 15 heteroatoms. The van der Waals surface area contributed by atoms with Crippen LogP contribution in [0.5, 0.6) is 5.75 Å². The number of hydrogen-bond donors (Lipinski definition) is 3. The van der Waals surface area contributed by atoms with Gasteiger partial charge in [-0.1, -0.05) is 46.5 Å². The summed E-state index contributed by atoms with van der Waals surface area (Å²) >= 11 is 0. The number of amides is 4. The van der Waals surface area contributed by atoms with Gasteiger partial charge >= 0.3 is 12.1 Å². The maximum Gasteiger partial charge on any atom is 0.415 e. The number of unbranched alkanes of at least 4 members (excludes halogenated alkanes) is 4. The quantitative estimate of drug-likeness (QED) is 0.0910. The van der Waals surface area contributed by atoms with Gasteiger partial charge in [0.2, 0.25) is 11.8 Å². The molecule has 1 aromatic carbocycles. The topological polar surface area (TPSA) is 213 Å². The minimum atomic E-state index is -1.93. The van der Waals surface area contributed by atoms with Crippen molar-refractivity contribution in [2.24, 2.45) is 10.7 Å². The van der Waals surface area contributed by atoms with Crippen LogP contribution in [0.15, 0.2) is 34.1 Å². The van der Waals surface area contributed by atoms with Crippen LogP contribution >= 0.6 is 0 Å². The van der Waals surface area contributed by atoms with Crippen LogP contribution in [-0.4, -0.2) is 74.7 Å². The zero-order valence-corrected chi connectivity index (χ0v) is 31.5. The molecule has 4 heterocycles. The smallest absolute Gasteiger partial charge is 0.415 e. The molecule has 0 spiro atoms. The Balaban J connectivity index is 1.29. The molecule has 0 saturated heterocycles. The molecule has 4 amide bonds. The fourth-order valence-corrected chi connectivity index (χ4v) is 7.05. The normalized spacial score (nSPS) is 16.6. The van der Waals surface area contributed by atoms with E-state index in [1.54, 1.807) is 42.7 Å². The highest BCUT2D eigenvalue weighted by Gasteiger charge is 2.45. The van der Waals surface area contributed by atoms with Gasteiger partial charge in [-0.05, 0) is 56.0 Å². The summed E-state index contributed by atoms with van der Waals surface area (Å²) in [6.07, 6.45) is 4.23. The van der Waals surface area contributed by atoms with Crippen LogP contribution in [0.1, 0.15) is 101 Å². The molecule has 2 atom stereocenters. The van der Waals surface area contributed by atoms with Gasteiger partial charge in [0.25, 0.3) is 11.5 Å². The van der Waals surface area contributed by atoms with Crippen molar-refractivity contribution in [3.05, 3.63) is 56.9 Å². The number of primary amides is 1. The van der Waals surface area contributed by atoms with Gasteiger partial charge in [0.05, 0.1) is 35.4 Å². The number of fused-ring (bicyclic) bond motifs is 5. The van der Waals surface area contributed by atoms with Crippen molar-refractivity contribution >= 4 is 46.4 Å². The van der Waals surface area contributed by atoms with Crippen LogP contribution < -0.4 is 21.3 Å². The lowest BCUT2D eigenvalue weighted by molar-refractivity contribution is -0.172. The summed E-state index contributed by atoms with van der Waals surface area (Å²) in [7, 11) is 1.51. The molecule has 2 aliphatic heterocycles. The predicted molar refractivity (Wildman–Crippen MR) is 200 cm³/mol. The van der Waals surface area contributed by atoms with Crippen molar-refractivity contribution in [1.29, 1.82) is 0 Å². The first-order chi connectivity index (χ1) is 25.7. The predicted octanol–water partition coefficient (Wildman–Crippen LogP) is 3.78. The number of benzene rings is 1. The molecule has 0 saturated carbocycles. The number of nitrogens with zero attached hydrogens (tertiary/aromatic N) is 4. The van der Waals surface area contributed by atoms with Crippen molar-refractivity contribution in [3.63, 3.8) is 0 Å². The minimum Gasteiger partial charge on any atom is -0.458 e. The van der Waals surface area contributed by atoms with E-state index >= 15 is 0 Å². The third-order valence-electron chi connectivity index (χ3n) is 9.93. The summed E-state index contributed by atoms with van der Waals surface area (Å²) in [5.41, 5.74) is 6.62. The second kappa shape index (κ2) is 16.7. The molecular weight excluding hydrogens is 696 g/mol. The van der Waals surface area contributed by atoms with E-state index in [1.165, 1.54) is 11.9 Å². The Hall–Kier alpha value is -5.44. The van der Waals surface area contributed by atoms with Gasteiger partial charge in [-0.15, -0.1) is 0 Å². The largest absolute Gasteiger partial charge is 0.458 e. The molecule has 15 nitrogen and oxygen atoms in total. The molecule has 0 radical (unpaired) electrons. The van der Waals surface area contributed by atoms with Crippen LogP contribution in [0.25, 0.3) is 22.3 Å². The van der Waals surface area contributed by atoms with Gasteiger partial charge in [0, 0.05) is 42.6 Å². The van der Waals surface area contributed by atoms with E-state index < -0.39 is 47.8 Å². The number of rotatable bonds is 15. The van der Waals surface area contributed by atoms with Crippen molar-refractivity contribution in [1.82, 2.24) is 19.8 Å². The average molecular weight is 745 g/mol. The SMILES string of the molecule is CCCCCCCC(=O)N=C(CC(N)=O)C(=O)N[C@@H](C)CN(C)C(=O)Oc1ccc2nc3c(c(CC)c2c1)Cn1c-3cc2c(c1=O)COC(=O)[C@]2(O)CC. The number of ether oxygens (including phenoxy) is 2. The van der Waals surface area contributed by atoms with Gasteiger partial charge in [-0.25, -0.2) is 19.6 Å². The molecule has 0 fully saturated rings. The van der Waals surface area contributed by atoms with Crippen molar-refractivity contribution < 1.29 is 38.6 Å². The molecule has 0 bridgehead atoms. The molecule has 0 aliphatic carbocycles. The first-order valence-corrected chi connectivity index (χ1v) is 18.5. The Labute approximate surface area is 312 Å². The number of esters is 1. The number of aromatic nitrogens is 2. The van der Waals surface area contributed by atoms with Crippen molar-refractivity contribution in [3.8, 4) is 17.1 Å². The van der Waals surface area contributed by atoms with Crippen LogP contribution in [0.2, 0.25) is 0 Å². The molecular formula is C39H48N6O9. The lowest BCUT2D eigenvalue weighted by atomic mass is 9.86. The number of hydrogen-bond acceptors (Lipinski definition) is 10. The highest BCUT2D eigenvalue weighted by Crippen LogP contribution is 2.40. The van der Waals surface area contributed by atoms with Crippen LogP contribution in [0, 0.1) is 0 Å². The van der Waals surface area contributed by atoms with Gasteiger partial charge in [-0.2, -0.15) is 0 Å². The van der Waals surface area contributed by atoms with E-state index in [1.807, 2.05) is 6.92 Å². The Morgan fingerprint density at radius 2 is 1.85 bits per heavy atom. The Bertz CT molecular complexity index is 2090. The summed E-state index contributed by atoms with van der Waals surface area (Å²) in [6.45, 7) is 7.42. The number of aryl methyl sites for hydroxylation is 1. The van der Waals surface area contributed by atoms with Crippen LogP contribution in [0.4, 0.5) is 4.79 Å². The van der Waals surface area contributed by atoms with E-state index in [2.05, 4.69) is 17.2 Å². The first kappa shape index (κ1) is 39.8. The summed E-state index contributed by atoms with van der Waals surface area (Å²) in [6, 6.07) is 6.09. The second-order valence-electron chi connectivity index (χ2n) is 13.9. The average Bonchev–Trinajstić information content (AvgIpc) is 3.50. The molecule has 3 aromatic rings. The van der Waals surface area contributed by atoms with Gasteiger partial charge in [0.1, 0.15) is 18.1 Å². The number of pyridine rings is 2. The number of carbonyl (C=O) groups is 5.